The zero-order chi connectivity index (χ0) is 20.8. The molecule has 1 heterocycles. The minimum Gasteiger partial charge on any atom is -0.426 e. The number of carbonyl (C=O) groups is 2. The number of carbonyl (C=O) groups excluding carboxylic acids is 2. The molecule has 1 aliphatic heterocycles. The molecule has 1 saturated heterocycles. The number of benzene rings is 1. The Labute approximate surface area is 172 Å². The molecule has 0 bridgehead atoms. The summed E-state index contributed by atoms with van der Waals surface area (Å²) in [5.74, 6) is 1.68. The Morgan fingerprint density at radius 3 is 2.32 bits per heavy atom. The highest BCUT2D eigenvalue weighted by Gasteiger charge is 2.27. The maximum atomic E-state index is 11.8. The summed E-state index contributed by atoms with van der Waals surface area (Å²) in [5, 5.41) is 0. The Balaban J connectivity index is 2.54. The third-order valence-corrected chi connectivity index (χ3v) is 5.80. The lowest BCUT2D eigenvalue weighted by Gasteiger charge is -2.33. The lowest BCUT2D eigenvalue weighted by atomic mass is 9.91. The molecule has 0 saturated carbocycles. The minimum atomic E-state index is -0.311. The fourth-order valence-electron chi connectivity index (χ4n) is 3.34. The van der Waals surface area contributed by atoms with Crippen LogP contribution < -0.4 is 4.74 Å². The Bertz CT molecular complexity index is 711. The number of hydrogen-bond donors (Lipinski definition) is 0. The van der Waals surface area contributed by atoms with Crippen LogP contribution in [-0.4, -0.2) is 49.3 Å². The van der Waals surface area contributed by atoms with E-state index in [9.17, 15) is 9.59 Å². The van der Waals surface area contributed by atoms with Crippen molar-refractivity contribution in [3.8, 4) is 5.75 Å². The zero-order valence-electron chi connectivity index (χ0n) is 17.7. The molecule has 0 aromatic heterocycles. The van der Waals surface area contributed by atoms with E-state index in [-0.39, 0.29) is 23.8 Å². The van der Waals surface area contributed by atoms with Gasteiger partial charge in [-0.1, -0.05) is 27.7 Å². The SMILES string of the molecule is COCN1CCSC(=Cc2cc(C(C)C)c(OC(C)=O)c(C(C)C)c2)C1C=O. The van der Waals surface area contributed by atoms with E-state index in [1.807, 2.05) is 4.90 Å². The summed E-state index contributed by atoms with van der Waals surface area (Å²) in [6.45, 7) is 11.0. The normalized spacial score (nSPS) is 19.4. The van der Waals surface area contributed by atoms with E-state index < -0.39 is 0 Å². The molecule has 0 N–H and O–H groups in total. The van der Waals surface area contributed by atoms with Crippen LogP contribution in [0.1, 0.15) is 63.1 Å². The number of hydrogen-bond acceptors (Lipinski definition) is 6. The van der Waals surface area contributed by atoms with E-state index in [1.165, 1.54) is 6.92 Å². The Morgan fingerprint density at radius 1 is 1.25 bits per heavy atom. The summed E-state index contributed by atoms with van der Waals surface area (Å²) >= 11 is 1.71. The topological polar surface area (TPSA) is 55.8 Å². The molecule has 2 rings (SSSR count). The van der Waals surface area contributed by atoms with Crippen molar-refractivity contribution in [2.45, 2.75) is 52.5 Å². The number of nitrogens with zero attached hydrogens (tertiary/aromatic N) is 1. The van der Waals surface area contributed by atoms with Crippen molar-refractivity contribution in [1.82, 2.24) is 4.90 Å². The van der Waals surface area contributed by atoms with Gasteiger partial charge in [-0.3, -0.25) is 9.69 Å². The summed E-state index contributed by atoms with van der Waals surface area (Å²) in [5.41, 5.74) is 3.04. The molecule has 6 heteroatoms. The second kappa shape index (κ2) is 10.2. The molecule has 1 aromatic rings. The quantitative estimate of drug-likeness (QED) is 0.380. The number of rotatable bonds is 7. The highest BCUT2D eigenvalue weighted by Crippen LogP contribution is 2.38. The molecule has 1 unspecified atom stereocenters. The van der Waals surface area contributed by atoms with E-state index in [4.69, 9.17) is 9.47 Å². The van der Waals surface area contributed by atoms with Crippen LogP contribution in [0.2, 0.25) is 0 Å². The maximum absolute atomic E-state index is 11.8. The summed E-state index contributed by atoms with van der Waals surface area (Å²) < 4.78 is 10.8. The van der Waals surface area contributed by atoms with Crippen molar-refractivity contribution < 1.29 is 19.1 Å². The number of methoxy groups -OCH3 is 1. The molecular formula is C22H31NO4S. The number of esters is 1. The first-order valence-corrected chi connectivity index (χ1v) is 10.7. The van der Waals surface area contributed by atoms with Crippen molar-refractivity contribution in [1.29, 1.82) is 0 Å². The molecule has 5 nitrogen and oxygen atoms in total. The number of thioether (sulfide) groups is 1. The second-order valence-electron chi connectivity index (χ2n) is 7.64. The predicted octanol–water partition coefficient (Wildman–Crippen LogP) is 4.42. The molecule has 1 atom stereocenters. The summed E-state index contributed by atoms with van der Waals surface area (Å²) in [4.78, 5) is 26.5. The molecule has 0 radical (unpaired) electrons. The van der Waals surface area contributed by atoms with Gasteiger partial charge in [0.2, 0.25) is 0 Å². The van der Waals surface area contributed by atoms with Crippen LogP contribution in [0.15, 0.2) is 17.0 Å². The van der Waals surface area contributed by atoms with Crippen LogP contribution in [-0.2, 0) is 14.3 Å². The van der Waals surface area contributed by atoms with E-state index in [0.717, 1.165) is 40.2 Å². The van der Waals surface area contributed by atoms with Gasteiger partial charge in [0.05, 0.1) is 12.8 Å². The minimum absolute atomic E-state index is 0.205. The average molecular weight is 406 g/mol. The van der Waals surface area contributed by atoms with Crippen LogP contribution in [0.5, 0.6) is 5.75 Å². The van der Waals surface area contributed by atoms with Crippen LogP contribution in [0.3, 0.4) is 0 Å². The van der Waals surface area contributed by atoms with Crippen molar-refractivity contribution in [2.24, 2.45) is 0 Å². The largest absolute Gasteiger partial charge is 0.426 e. The summed E-state index contributed by atoms with van der Waals surface area (Å²) in [7, 11) is 1.64. The molecule has 0 amide bonds. The van der Waals surface area contributed by atoms with E-state index in [2.05, 4.69) is 45.9 Å². The zero-order valence-corrected chi connectivity index (χ0v) is 18.5. The van der Waals surface area contributed by atoms with E-state index in [1.54, 1.807) is 18.9 Å². The first kappa shape index (κ1) is 22.7. The monoisotopic (exact) mass is 405 g/mol. The van der Waals surface area contributed by atoms with Crippen molar-refractivity contribution in [2.75, 3.05) is 26.1 Å². The predicted molar refractivity (Wildman–Crippen MR) is 115 cm³/mol. The molecule has 28 heavy (non-hydrogen) atoms. The molecular weight excluding hydrogens is 374 g/mol. The standard InChI is InChI=1S/C22H31NO4S/c1-14(2)18-9-17(10-19(15(3)4)22(18)27-16(5)25)11-21-20(12-24)23(13-26-6)7-8-28-21/h9-12,14-15,20H,7-8,13H2,1-6H3. The Kier molecular flexibility index (Phi) is 8.28. The molecule has 0 spiro atoms. The van der Waals surface area contributed by atoms with Gasteiger partial charge in [-0.25, -0.2) is 0 Å². The lowest BCUT2D eigenvalue weighted by molar-refractivity contribution is -0.132. The fraction of sp³-hybridized carbons (Fsp3) is 0.545. The van der Waals surface area contributed by atoms with Crippen LogP contribution >= 0.6 is 11.8 Å². The fourth-order valence-corrected chi connectivity index (χ4v) is 4.50. The number of ether oxygens (including phenoxy) is 2. The van der Waals surface area contributed by atoms with Gasteiger partial charge in [-0.2, -0.15) is 0 Å². The summed E-state index contributed by atoms with van der Waals surface area (Å²) in [6.07, 6.45) is 3.07. The van der Waals surface area contributed by atoms with Crippen molar-refractivity contribution >= 4 is 30.1 Å². The first-order chi connectivity index (χ1) is 13.3. The Morgan fingerprint density at radius 2 is 1.86 bits per heavy atom. The van der Waals surface area contributed by atoms with Gasteiger partial charge >= 0.3 is 5.97 Å². The smallest absolute Gasteiger partial charge is 0.308 e. The van der Waals surface area contributed by atoms with Gasteiger partial charge in [-0.05, 0) is 46.7 Å². The third kappa shape index (κ3) is 5.46. The average Bonchev–Trinajstić information content (AvgIpc) is 2.62. The first-order valence-electron chi connectivity index (χ1n) is 9.67. The highest BCUT2D eigenvalue weighted by molar-refractivity contribution is 8.03. The van der Waals surface area contributed by atoms with Crippen molar-refractivity contribution in [3.63, 3.8) is 0 Å². The van der Waals surface area contributed by atoms with Crippen LogP contribution in [0.25, 0.3) is 6.08 Å². The molecule has 1 fully saturated rings. The Hall–Kier alpha value is -1.63. The van der Waals surface area contributed by atoms with Gasteiger partial charge < -0.3 is 14.3 Å². The van der Waals surface area contributed by atoms with Gasteiger partial charge in [0.25, 0.3) is 0 Å². The van der Waals surface area contributed by atoms with Crippen molar-refractivity contribution in [3.05, 3.63) is 33.7 Å². The maximum Gasteiger partial charge on any atom is 0.308 e. The van der Waals surface area contributed by atoms with E-state index >= 15 is 0 Å². The van der Waals surface area contributed by atoms with Crippen LogP contribution in [0, 0.1) is 0 Å². The summed E-state index contributed by atoms with van der Waals surface area (Å²) in [6, 6.07) is 3.84. The number of aldehydes is 1. The highest BCUT2D eigenvalue weighted by atomic mass is 32.2. The van der Waals surface area contributed by atoms with Gasteiger partial charge in [0.15, 0.2) is 0 Å². The van der Waals surface area contributed by atoms with Gasteiger partial charge in [0, 0.05) is 31.2 Å². The van der Waals surface area contributed by atoms with E-state index in [0.29, 0.717) is 12.5 Å². The molecule has 154 valence electrons. The second-order valence-corrected chi connectivity index (χ2v) is 8.81. The molecule has 1 aromatic carbocycles. The molecule has 0 aliphatic carbocycles. The van der Waals surface area contributed by atoms with Crippen LogP contribution in [0.4, 0.5) is 0 Å². The third-order valence-electron chi connectivity index (χ3n) is 4.72. The van der Waals surface area contributed by atoms with Gasteiger partial charge in [-0.15, -0.1) is 11.8 Å². The van der Waals surface area contributed by atoms with Gasteiger partial charge in [0.1, 0.15) is 12.0 Å². The molecule has 1 aliphatic rings. The lowest BCUT2D eigenvalue weighted by Crippen LogP contribution is -2.43.